The summed E-state index contributed by atoms with van der Waals surface area (Å²) in [6.45, 7) is 0.270. The van der Waals surface area contributed by atoms with Gasteiger partial charge in [-0.2, -0.15) is 5.26 Å². The Balaban J connectivity index is 1.42. The average molecular weight is 380 g/mol. The summed E-state index contributed by atoms with van der Waals surface area (Å²) in [6, 6.07) is 11.1. The number of aryl methyl sites for hydroxylation is 2. The molecular formula is C22H25N3OS. The number of hydrogen-bond donors (Lipinski definition) is 2. The number of amides is 1. The SMILES string of the molecule is N#Cc1c(NC(=O)CNC2CCCc3ccccc32)sc2c1CCCCC2. The Hall–Kier alpha value is -2.16. The third kappa shape index (κ3) is 3.92. The fourth-order valence-electron chi connectivity index (χ4n) is 4.30. The van der Waals surface area contributed by atoms with E-state index < -0.39 is 0 Å². The molecule has 1 heterocycles. The van der Waals surface area contributed by atoms with Crippen molar-refractivity contribution < 1.29 is 4.79 Å². The fraction of sp³-hybridized carbons (Fsp3) is 0.455. The zero-order valence-electron chi connectivity index (χ0n) is 15.5. The molecule has 1 amide bonds. The predicted molar refractivity (Wildman–Crippen MR) is 109 cm³/mol. The van der Waals surface area contributed by atoms with Crippen LogP contribution in [0.5, 0.6) is 0 Å². The van der Waals surface area contributed by atoms with Gasteiger partial charge in [0.25, 0.3) is 0 Å². The van der Waals surface area contributed by atoms with Crippen molar-refractivity contribution in [2.24, 2.45) is 0 Å². The number of hydrogen-bond acceptors (Lipinski definition) is 4. The first-order valence-corrected chi connectivity index (χ1v) is 10.7. The molecule has 27 heavy (non-hydrogen) atoms. The molecular weight excluding hydrogens is 354 g/mol. The van der Waals surface area contributed by atoms with Crippen LogP contribution in [0.2, 0.25) is 0 Å². The molecule has 1 aromatic heterocycles. The molecule has 5 heteroatoms. The zero-order valence-corrected chi connectivity index (χ0v) is 16.3. The highest BCUT2D eigenvalue weighted by Crippen LogP contribution is 2.37. The Morgan fingerprint density at radius 1 is 1.15 bits per heavy atom. The van der Waals surface area contributed by atoms with Gasteiger partial charge < -0.3 is 10.6 Å². The van der Waals surface area contributed by atoms with Gasteiger partial charge in [0, 0.05) is 10.9 Å². The lowest BCUT2D eigenvalue weighted by Crippen LogP contribution is -2.33. The summed E-state index contributed by atoms with van der Waals surface area (Å²) >= 11 is 1.60. The predicted octanol–water partition coefficient (Wildman–Crippen LogP) is 4.49. The van der Waals surface area contributed by atoms with Gasteiger partial charge in [-0.15, -0.1) is 11.3 Å². The number of carbonyl (C=O) groups is 1. The lowest BCUT2D eigenvalue weighted by molar-refractivity contribution is -0.115. The molecule has 2 N–H and O–H groups in total. The second-order valence-corrected chi connectivity index (χ2v) is 8.56. The normalized spacial score (nSPS) is 18.7. The lowest BCUT2D eigenvalue weighted by atomic mass is 9.88. The first-order chi connectivity index (χ1) is 13.3. The van der Waals surface area contributed by atoms with Crippen LogP contribution in [0.25, 0.3) is 0 Å². The van der Waals surface area contributed by atoms with Gasteiger partial charge in [0.15, 0.2) is 0 Å². The topological polar surface area (TPSA) is 64.9 Å². The van der Waals surface area contributed by atoms with Crippen molar-refractivity contribution in [2.75, 3.05) is 11.9 Å². The number of nitrogens with one attached hydrogen (secondary N) is 2. The minimum atomic E-state index is -0.0639. The summed E-state index contributed by atoms with van der Waals surface area (Å²) in [5.74, 6) is -0.0639. The third-order valence-electron chi connectivity index (χ3n) is 5.66. The monoisotopic (exact) mass is 379 g/mol. The second kappa shape index (κ2) is 8.24. The van der Waals surface area contributed by atoms with Crippen LogP contribution in [-0.4, -0.2) is 12.5 Å². The molecule has 0 fully saturated rings. The molecule has 0 aliphatic heterocycles. The van der Waals surface area contributed by atoms with Gasteiger partial charge in [-0.1, -0.05) is 30.7 Å². The molecule has 1 aromatic carbocycles. The van der Waals surface area contributed by atoms with Gasteiger partial charge >= 0.3 is 0 Å². The highest BCUT2D eigenvalue weighted by Gasteiger charge is 2.22. The Bertz CT molecular complexity index is 880. The van der Waals surface area contributed by atoms with Crippen LogP contribution in [-0.2, 0) is 24.1 Å². The second-order valence-electron chi connectivity index (χ2n) is 7.45. The quantitative estimate of drug-likeness (QED) is 0.769. The van der Waals surface area contributed by atoms with Crippen LogP contribution in [0, 0.1) is 11.3 Å². The molecule has 4 rings (SSSR count). The van der Waals surface area contributed by atoms with Gasteiger partial charge in [0.2, 0.25) is 5.91 Å². The van der Waals surface area contributed by atoms with E-state index in [1.807, 2.05) is 0 Å². The third-order valence-corrected chi connectivity index (χ3v) is 6.87. The molecule has 140 valence electrons. The van der Waals surface area contributed by atoms with Crippen molar-refractivity contribution in [2.45, 2.75) is 57.4 Å². The number of nitrogens with zero attached hydrogens (tertiary/aromatic N) is 1. The van der Waals surface area contributed by atoms with Crippen molar-refractivity contribution >= 4 is 22.2 Å². The maximum absolute atomic E-state index is 12.5. The summed E-state index contributed by atoms with van der Waals surface area (Å²) in [7, 11) is 0. The van der Waals surface area contributed by atoms with E-state index >= 15 is 0 Å². The van der Waals surface area contributed by atoms with E-state index in [2.05, 4.69) is 41.0 Å². The lowest BCUT2D eigenvalue weighted by Gasteiger charge is -2.26. The van der Waals surface area contributed by atoms with E-state index in [0.717, 1.165) is 43.5 Å². The van der Waals surface area contributed by atoms with Crippen molar-refractivity contribution in [3.8, 4) is 6.07 Å². The van der Waals surface area contributed by atoms with E-state index in [0.29, 0.717) is 5.56 Å². The maximum Gasteiger partial charge on any atom is 0.238 e. The minimum Gasteiger partial charge on any atom is -0.315 e. The van der Waals surface area contributed by atoms with Crippen molar-refractivity contribution in [1.29, 1.82) is 5.26 Å². The summed E-state index contributed by atoms with van der Waals surface area (Å²) < 4.78 is 0. The van der Waals surface area contributed by atoms with Gasteiger partial charge in [0.1, 0.15) is 11.1 Å². The van der Waals surface area contributed by atoms with Crippen LogP contribution in [0.15, 0.2) is 24.3 Å². The van der Waals surface area contributed by atoms with Gasteiger partial charge in [-0.3, -0.25) is 4.79 Å². The zero-order chi connectivity index (χ0) is 18.6. The molecule has 0 radical (unpaired) electrons. The van der Waals surface area contributed by atoms with E-state index in [1.54, 1.807) is 11.3 Å². The summed E-state index contributed by atoms with van der Waals surface area (Å²) in [6.07, 6.45) is 8.84. The molecule has 2 aliphatic rings. The number of rotatable bonds is 4. The highest BCUT2D eigenvalue weighted by molar-refractivity contribution is 7.16. The molecule has 1 unspecified atom stereocenters. The van der Waals surface area contributed by atoms with Crippen molar-refractivity contribution in [1.82, 2.24) is 5.32 Å². The van der Waals surface area contributed by atoms with E-state index in [4.69, 9.17) is 0 Å². The number of benzene rings is 1. The van der Waals surface area contributed by atoms with Gasteiger partial charge in [-0.05, 0) is 61.6 Å². The average Bonchev–Trinajstić information content (AvgIpc) is 2.85. The van der Waals surface area contributed by atoms with Crippen molar-refractivity contribution in [3.05, 3.63) is 51.4 Å². The van der Waals surface area contributed by atoms with Crippen LogP contribution in [0.4, 0.5) is 5.00 Å². The van der Waals surface area contributed by atoms with Gasteiger partial charge in [0.05, 0.1) is 12.1 Å². The van der Waals surface area contributed by atoms with Crippen LogP contribution in [0.1, 0.15) is 65.3 Å². The van der Waals surface area contributed by atoms with Crippen molar-refractivity contribution in [3.63, 3.8) is 0 Å². The largest absolute Gasteiger partial charge is 0.315 e. The maximum atomic E-state index is 12.5. The molecule has 0 spiro atoms. The number of nitriles is 1. The fourth-order valence-corrected chi connectivity index (χ4v) is 5.56. The summed E-state index contributed by atoms with van der Waals surface area (Å²) in [4.78, 5) is 13.8. The first kappa shape index (κ1) is 18.2. The molecule has 0 bridgehead atoms. The molecule has 0 saturated carbocycles. The summed E-state index contributed by atoms with van der Waals surface area (Å²) in [5, 5.41) is 16.8. The summed E-state index contributed by atoms with van der Waals surface area (Å²) in [5.41, 5.74) is 4.56. The number of thiophene rings is 1. The minimum absolute atomic E-state index is 0.0639. The number of carbonyl (C=O) groups excluding carboxylic acids is 1. The highest BCUT2D eigenvalue weighted by atomic mass is 32.1. The Labute approximate surface area is 164 Å². The standard InChI is InChI=1S/C22H25N3OS/c23-13-18-17-10-2-1-3-12-20(17)27-22(18)25-21(26)14-24-19-11-6-8-15-7-4-5-9-16(15)19/h4-5,7,9,19,24H,1-3,6,8,10-12,14H2,(H,25,26). The number of anilines is 1. The first-order valence-electron chi connectivity index (χ1n) is 9.92. The molecule has 4 nitrogen and oxygen atoms in total. The van der Waals surface area contributed by atoms with Gasteiger partial charge in [-0.25, -0.2) is 0 Å². The Morgan fingerprint density at radius 3 is 2.89 bits per heavy atom. The van der Waals surface area contributed by atoms with Crippen LogP contribution < -0.4 is 10.6 Å². The van der Waals surface area contributed by atoms with Crippen LogP contribution >= 0.6 is 11.3 Å². The number of fused-ring (bicyclic) bond motifs is 2. The Kier molecular flexibility index (Phi) is 5.56. The molecule has 2 aliphatic carbocycles. The van der Waals surface area contributed by atoms with E-state index in [-0.39, 0.29) is 18.5 Å². The van der Waals surface area contributed by atoms with E-state index in [9.17, 15) is 10.1 Å². The molecule has 2 aromatic rings. The molecule has 0 saturated heterocycles. The Morgan fingerprint density at radius 2 is 2.00 bits per heavy atom. The van der Waals surface area contributed by atoms with Crippen LogP contribution in [0.3, 0.4) is 0 Å². The molecule has 1 atom stereocenters. The smallest absolute Gasteiger partial charge is 0.238 e. The van der Waals surface area contributed by atoms with E-state index in [1.165, 1.54) is 34.4 Å².